The maximum Gasteiger partial charge on any atom is 0.129 e. The van der Waals surface area contributed by atoms with Gasteiger partial charge in [0.15, 0.2) is 0 Å². The summed E-state index contributed by atoms with van der Waals surface area (Å²) in [5.41, 5.74) is -0.923. The predicted molar refractivity (Wildman–Crippen MR) is 55.2 cm³/mol. The average Bonchev–Trinajstić information content (AvgIpc) is 2.27. The number of hydrogen-bond donors (Lipinski definition) is 0. The molecule has 0 aliphatic rings. The van der Waals surface area contributed by atoms with Crippen molar-refractivity contribution in [3.05, 3.63) is 77.2 Å². The molecule has 0 spiro atoms. The zero-order chi connectivity index (χ0) is 12.4. The van der Waals surface area contributed by atoms with E-state index in [1.54, 1.807) is 0 Å². The fraction of sp³-hybridized carbons (Fsp3) is 0. The van der Waals surface area contributed by atoms with Crippen molar-refractivity contribution in [2.45, 2.75) is 0 Å². The van der Waals surface area contributed by atoms with Crippen molar-refractivity contribution >= 4 is 0 Å². The molecule has 17 heavy (non-hydrogen) atoms. The minimum atomic E-state index is -0.868. The van der Waals surface area contributed by atoms with Crippen LogP contribution in [0.2, 0.25) is 0 Å². The second-order valence-corrected chi connectivity index (χ2v) is 3.42. The molecule has 0 nitrogen and oxygen atoms in total. The summed E-state index contributed by atoms with van der Waals surface area (Å²) in [4.78, 5) is 0. The van der Waals surface area contributed by atoms with Crippen LogP contribution in [-0.4, -0.2) is 0 Å². The van der Waals surface area contributed by atoms with E-state index >= 15 is 0 Å². The molecule has 0 bridgehead atoms. The van der Waals surface area contributed by atoms with Crippen LogP contribution in [0.5, 0.6) is 0 Å². The van der Waals surface area contributed by atoms with Gasteiger partial charge in [-0.2, -0.15) is 0 Å². The molecule has 0 aromatic heterocycles. The second kappa shape index (κ2) is 4.57. The lowest BCUT2D eigenvalue weighted by molar-refractivity contribution is 0.557. The van der Waals surface area contributed by atoms with Crippen LogP contribution < -0.4 is 0 Å². The Hall–Kier alpha value is -1.84. The highest BCUT2D eigenvalue weighted by molar-refractivity contribution is 5.39. The molecule has 4 heteroatoms. The molecule has 0 fully saturated rings. The summed E-state index contributed by atoms with van der Waals surface area (Å²) in [6.45, 7) is 0. The summed E-state index contributed by atoms with van der Waals surface area (Å²) in [5.74, 6) is -3.47. The summed E-state index contributed by atoms with van der Waals surface area (Å²) >= 11 is 0. The monoisotopic (exact) mass is 239 g/mol. The maximum atomic E-state index is 13.3. The minimum Gasteiger partial charge on any atom is -0.207 e. The van der Waals surface area contributed by atoms with Gasteiger partial charge in [0.2, 0.25) is 0 Å². The Labute approximate surface area is 95.5 Å². The van der Waals surface area contributed by atoms with Crippen molar-refractivity contribution in [2.75, 3.05) is 0 Å². The Kier molecular flexibility index (Phi) is 3.13. The quantitative estimate of drug-likeness (QED) is 0.698. The van der Waals surface area contributed by atoms with Crippen molar-refractivity contribution in [2.24, 2.45) is 0 Å². The van der Waals surface area contributed by atoms with Crippen molar-refractivity contribution in [3.8, 4) is 0 Å². The van der Waals surface area contributed by atoms with Gasteiger partial charge in [0.1, 0.15) is 23.3 Å². The summed E-state index contributed by atoms with van der Waals surface area (Å²) in [6.07, 6.45) is 0.815. The molecule has 2 aromatic rings. The molecule has 2 rings (SSSR count). The summed E-state index contributed by atoms with van der Waals surface area (Å²) in [6, 6.07) is 6.45. The lowest BCUT2D eigenvalue weighted by atomic mass is 10.0. The molecular formula is C13H7F4. The topological polar surface area (TPSA) is 0 Å². The number of halogens is 4. The average molecular weight is 239 g/mol. The normalized spacial score (nSPS) is 10.6. The van der Waals surface area contributed by atoms with E-state index in [4.69, 9.17) is 0 Å². The molecule has 2 aromatic carbocycles. The molecule has 0 unspecified atom stereocenters. The van der Waals surface area contributed by atoms with Crippen molar-refractivity contribution in [1.82, 2.24) is 0 Å². The second-order valence-electron chi connectivity index (χ2n) is 3.42. The van der Waals surface area contributed by atoms with Crippen molar-refractivity contribution in [1.29, 1.82) is 0 Å². The molecular weight excluding hydrogens is 232 g/mol. The van der Waals surface area contributed by atoms with Crippen molar-refractivity contribution < 1.29 is 17.6 Å². The van der Waals surface area contributed by atoms with Crippen LogP contribution >= 0.6 is 0 Å². The van der Waals surface area contributed by atoms with Gasteiger partial charge in [-0.3, -0.25) is 0 Å². The smallest absolute Gasteiger partial charge is 0.129 e. The third-order valence-corrected chi connectivity index (χ3v) is 2.29. The van der Waals surface area contributed by atoms with Crippen LogP contribution in [0.4, 0.5) is 17.6 Å². The highest BCUT2D eigenvalue weighted by Crippen LogP contribution is 2.22. The third-order valence-electron chi connectivity index (χ3n) is 2.29. The Balaban J connectivity index is 2.45. The van der Waals surface area contributed by atoms with Crippen LogP contribution in [0.3, 0.4) is 0 Å². The fourth-order valence-corrected chi connectivity index (χ4v) is 1.44. The Bertz CT molecular complexity index is 459. The fourth-order valence-electron chi connectivity index (χ4n) is 1.44. The van der Waals surface area contributed by atoms with E-state index in [9.17, 15) is 17.6 Å². The largest absolute Gasteiger partial charge is 0.207 e. The molecule has 0 saturated heterocycles. The van der Waals surface area contributed by atoms with E-state index in [2.05, 4.69) is 0 Å². The van der Waals surface area contributed by atoms with Gasteiger partial charge >= 0.3 is 0 Å². The number of rotatable bonds is 2. The van der Waals surface area contributed by atoms with Crippen LogP contribution in [0, 0.1) is 29.7 Å². The molecule has 0 aliphatic heterocycles. The first kappa shape index (κ1) is 11.6. The first-order valence-electron chi connectivity index (χ1n) is 4.82. The highest BCUT2D eigenvalue weighted by atomic mass is 19.1. The number of hydrogen-bond acceptors (Lipinski definition) is 0. The van der Waals surface area contributed by atoms with E-state index in [1.807, 2.05) is 0 Å². The lowest BCUT2D eigenvalue weighted by Gasteiger charge is -2.06. The van der Waals surface area contributed by atoms with Gasteiger partial charge in [0, 0.05) is 17.5 Å². The Morgan fingerprint density at radius 2 is 0.882 bits per heavy atom. The standard InChI is InChI=1S/C13H7F4/c14-10-3-1-4-11(15)8(10)7-9-12(16)5-2-6-13(9)17/h1-7H. The number of benzene rings is 2. The van der Waals surface area contributed by atoms with Gasteiger partial charge in [-0.1, -0.05) is 12.1 Å². The van der Waals surface area contributed by atoms with Gasteiger partial charge in [0.05, 0.1) is 0 Å². The van der Waals surface area contributed by atoms with Gasteiger partial charge in [-0.05, 0) is 24.3 Å². The predicted octanol–water partition coefficient (Wildman–Crippen LogP) is 3.84. The lowest BCUT2D eigenvalue weighted by Crippen LogP contribution is -1.99. The van der Waals surface area contributed by atoms with E-state index in [0.29, 0.717) is 0 Å². The van der Waals surface area contributed by atoms with Gasteiger partial charge in [-0.25, -0.2) is 17.6 Å². The summed E-state index contributed by atoms with van der Waals surface area (Å²) in [5, 5.41) is 0. The van der Waals surface area contributed by atoms with Crippen LogP contribution in [-0.2, 0) is 0 Å². The van der Waals surface area contributed by atoms with Crippen LogP contribution in [0.25, 0.3) is 0 Å². The maximum absolute atomic E-state index is 13.3. The van der Waals surface area contributed by atoms with Gasteiger partial charge < -0.3 is 0 Å². The van der Waals surface area contributed by atoms with Crippen molar-refractivity contribution in [3.63, 3.8) is 0 Å². The molecule has 0 saturated carbocycles. The van der Waals surface area contributed by atoms with E-state index in [-0.39, 0.29) is 0 Å². The zero-order valence-corrected chi connectivity index (χ0v) is 8.55. The minimum absolute atomic E-state index is 0.462. The molecule has 0 heterocycles. The van der Waals surface area contributed by atoms with E-state index in [1.165, 1.54) is 12.1 Å². The van der Waals surface area contributed by atoms with Crippen LogP contribution in [0.15, 0.2) is 36.4 Å². The first-order valence-corrected chi connectivity index (χ1v) is 4.82. The Morgan fingerprint density at radius 3 is 1.18 bits per heavy atom. The Morgan fingerprint density at radius 1 is 0.588 bits per heavy atom. The highest BCUT2D eigenvalue weighted by Gasteiger charge is 2.15. The van der Waals surface area contributed by atoms with E-state index < -0.39 is 34.4 Å². The molecule has 87 valence electrons. The molecule has 1 radical (unpaired) electrons. The summed E-state index contributed by atoms with van der Waals surface area (Å²) < 4.78 is 53.1. The molecule has 0 N–H and O–H groups in total. The molecule has 0 atom stereocenters. The van der Waals surface area contributed by atoms with Gasteiger partial charge in [-0.15, -0.1) is 0 Å². The third kappa shape index (κ3) is 2.30. The molecule has 0 amide bonds. The van der Waals surface area contributed by atoms with Gasteiger partial charge in [0.25, 0.3) is 0 Å². The zero-order valence-electron chi connectivity index (χ0n) is 8.55. The van der Waals surface area contributed by atoms with E-state index in [0.717, 1.165) is 30.7 Å². The first-order chi connectivity index (χ1) is 8.09. The molecule has 0 aliphatic carbocycles. The summed E-state index contributed by atoms with van der Waals surface area (Å²) in [7, 11) is 0. The van der Waals surface area contributed by atoms with Crippen LogP contribution in [0.1, 0.15) is 11.1 Å². The SMILES string of the molecule is Fc1cccc(F)c1[CH]c1c(F)cccc1F.